The van der Waals surface area contributed by atoms with E-state index in [0.29, 0.717) is 24.3 Å². The molecule has 3 heterocycles. The van der Waals surface area contributed by atoms with E-state index in [0.717, 1.165) is 43.1 Å². The zero-order valence-electron chi connectivity index (χ0n) is 16.2. The monoisotopic (exact) mass is 378 g/mol. The zero-order valence-corrected chi connectivity index (χ0v) is 16.2. The van der Waals surface area contributed by atoms with Crippen LogP contribution in [0.5, 0.6) is 11.5 Å². The minimum atomic E-state index is 0.265. The van der Waals surface area contributed by atoms with Crippen molar-refractivity contribution in [1.82, 2.24) is 9.80 Å². The third kappa shape index (κ3) is 3.14. The molecule has 0 aliphatic carbocycles. The Kier molecular flexibility index (Phi) is 4.47. The maximum absolute atomic E-state index is 12.9. The summed E-state index contributed by atoms with van der Waals surface area (Å²) in [7, 11) is 2.21. The molecule has 5 rings (SSSR count). The second-order valence-corrected chi connectivity index (χ2v) is 8.21. The van der Waals surface area contributed by atoms with Crippen molar-refractivity contribution in [1.29, 1.82) is 0 Å². The summed E-state index contributed by atoms with van der Waals surface area (Å²) in [6.45, 7) is 3.11. The van der Waals surface area contributed by atoms with Crippen molar-refractivity contribution < 1.29 is 14.3 Å². The lowest BCUT2D eigenvalue weighted by Gasteiger charge is -2.27. The second kappa shape index (κ2) is 7.13. The number of benzene rings is 2. The average Bonchev–Trinajstić information content (AvgIpc) is 3.40. The topological polar surface area (TPSA) is 42.0 Å². The van der Waals surface area contributed by atoms with Crippen LogP contribution in [0.15, 0.2) is 48.5 Å². The fourth-order valence-electron chi connectivity index (χ4n) is 5.12. The number of carbonyl (C=O) groups excluding carboxylic acids is 1. The molecule has 2 aromatic rings. The number of nitrogens with zero attached hydrogens (tertiary/aromatic N) is 2. The fourth-order valence-corrected chi connectivity index (χ4v) is 5.12. The third-order valence-electron chi connectivity index (χ3n) is 6.45. The first-order valence-corrected chi connectivity index (χ1v) is 10.1. The van der Waals surface area contributed by atoms with E-state index >= 15 is 0 Å². The molecule has 0 aromatic heterocycles. The van der Waals surface area contributed by atoms with Gasteiger partial charge in [-0.25, -0.2) is 0 Å². The van der Waals surface area contributed by atoms with Crippen LogP contribution >= 0.6 is 0 Å². The Hall–Kier alpha value is -2.53. The molecular formula is C23H26N2O3. The Balaban J connectivity index is 1.22. The summed E-state index contributed by atoms with van der Waals surface area (Å²) >= 11 is 0. The number of ether oxygens (including phenoxy) is 2. The summed E-state index contributed by atoms with van der Waals surface area (Å²) in [4.78, 5) is 17.4. The van der Waals surface area contributed by atoms with E-state index in [1.165, 1.54) is 5.56 Å². The summed E-state index contributed by atoms with van der Waals surface area (Å²) < 4.78 is 10.8. The lowest BCUT2D eigenvalue weighted by atomic mass is 9.90. The van der Waals surface area contributed by atoms with Gasteiger partial charge in [-0.1, -0.05) is 36.4 Å². The number of fused-ring (bicyclic) bond motifs is 2. The highest BCUT2D eigenvalue weighted by Crippen LogP contribution is 2.44. The van der Waals surface area contributed by atoms with Crippen LogP contribution < -0.4 is 9.47 Å². The van der Waals surface area contributed by atoms with Gasteiger partial charge in [-0.15, -0.1) is 0 Å². The molecule has 3 aliphatic rings. The summed E-state index contributed by atoms with van der Waals surface area (Å²) in [6.07, 6.45) is 1.29. The second-order valence-electron chi connectivity index (χ2n) is 8.21. The van der Waals surface area contributed by atoms with Gasteiger partial charge in [0, 0.05) is 38.0 Å². The Morgan fingerprint density at radius 1 is 1.04 bits per heavy atom. The van der Waals surface area contributed by atoms with E-state index in [4.69, 9.17) is 9.47 Å². The molecule has 28 heavy (non-hydrogen) atoms. The molecule has 1 amide bonds. The minimum absolute atomic E-state index is 0.265. The molecule has 0 radical (unpaired) electrons. The summed E-state index contributed by atoms with van der Waals surface area (Å²) in [5.41, 5.74) is 2.49. The van der Waals surface area contributed by atoms with E-state index in [1.807, 2.05) is 18.2 Å². The molecule has 0 saturated carbocycles. The first kappa shape index (κ1) is 17.6. The van der Waals surface area contributed by atoms with E-state index < -0.39 is 0 Å². The smallest absolute Gasteiger partial charge is 0.231 e. The zero-order chi connectivity index (χ0) is 19.1. The normalized spacial score (nSPS) is 25.9. The largest absolute Gasteiger partial charge is 0.454 e. The van der Waals surface area contributed by atoms with Gasteiger partial charge >= 0.3 is 0 Å². The molecule has 5 nitrogen and oxygen atoms in total. The Bertz CT molecular complexity index is 869. The predicted molar refractivity (Wildman–Crippen MR) is 106 cm³/mol. The minimum Gasteiger partial charge on any atom is -0.454 e. The van der Waals surface area contributed by atoms with E-state index in [-0.39, 0.29) is 12.7 Å². The van der Waals surface area contributed by atoms with Gasteiger partial charge in [0.1, 0.15) is 0 Å². The molecule has 0 N–H and O–H groups in total. The van der Waals surface area contributed by atoms with Crippen molar-refractivity contribution in [2.45, 2.75) is 18.9 Å². The van der Waals surface area contributed by atoms with Gasteiger partial charge in [0.05, 0.1) is 0 Å². The van der Waals surface area contributed by atoms with Crippen molar-refractivity contribution in [2.75, 3.05) is 33.5 Å². The maximum atomic E-state index is 12.9. The molecule has 2 saturated heterocycles. The van der Waals surface area contributed by atoms with Crippen LogP contribution in [0.2, 0.25) is 0 Å². The molecule has 2 aromatic carbocycles. The van der Waals surface area contributed by atoms with E-state index in [9.17, 15) is 4.79 Å². The molecule has 5 heteroatoms. The summed E-state index contributed by atoms with van der Waals surface area (Å²) in [5.74, 6) is 2.95. The van der Waals surface area contributed by atoms with Crippen LogP contribution in [-0.2, 0) is 11.2 Å². The molecule has 0 unspecified atom stereocenters. The van der Waals surface area contributed by atoms with Gasteiger partial charge in [0.25, 0.3) is 0 Å². The van der Waals surface area contributed by atoms with Gasteiger partial charge in [0.15, 0.2) is 11.5 Å². The van der Waals surface area contributed by atoms with Crippen molar-refractivity contribution in [3.05, 3.63) is 59.7 Å². The quantitative estimate of drug-likeness (QED) is 0.820. The van der Waals surface area contributed by atoms with Crippen LogP contribution in [0.3, 0.4) is 0 Å². The van der Waals surface area contributed by atoms with Crippen molar-refractivity contribution in [3.63, 3.8) is 0 Å². The number of hydrogen-bond acceptors (Lipinski definition) is 4. The van der Waals surface area contributed by atoms with Crippen LogP contribution in [0, 0.1) is 11.8 Å². The van der Waals surface area contributed by atoms with Crippen molar-refractivity contribution >= 4 is 5.91 Å². The first-order chi connectivity index (χ1) is 13.7. The molecule has 0 spiro atoms. The van der Waals surface area contributed by atoms with E-state index in [2.05, 4.69) is 47.2 Å². The van der Waals surface area contributed by atoms with Crippen LogP contribution in [0.1, 0.15) is 23.6 Å². The van der Waals surface area contributed by atoms with Crippen LogP contribution in [0.4, 0.5) is 0 Å². The number of aryl methyl sites for hydroxylation is 1. The third-order valence-corrected chi connectivity index (χ3v) is 6.45. The molecule has 3 aliphatic heterocycles. The molecule has 146 valence electrons. The Morgan fingerprint density at radius 3 is 2.71 bits per heavy atom. The van der Waals surface area contributed by atoms with Crippen molar-refractivity contribution in [2.24, 2.45) is 11.8 Å². The van der Waals surface area contributed by atoms with Gasteiger partial charge in [-0.3, -0.25) is 9.69 Å². The standard InChI is InChI=1S/C23H26N2O3/c1-24-12-18-13-25(14-19(18)23(24)17-5-3-2-4-6-17)22(26)10-8-16-7-9-20-21(11-16)28-15-27-20/h2-7,9,11,18-19,23H,8,10,12-15H2,1H3/t18-,19+,23-/m0/s1. The highest BCUT2D eigenvalue weighted by molar-refractivity contribution is 5.77. The lowest BCUT2D eigenvalue weighted by molar-refractivity contribution is -0.130. The van der Waals surface area contributed by atoms with Gasteiger partial charge in [0.2, 0.25) is 12.7 Å². The number of rotatable bonds is 4. The van der Waals surface area contributed by atoms with Gasteiger partial charge in [-0.05, 0) is 42.6 Å². The number of amides is 1. The molecular weight excluding hydrogens is 352 g/mol. The molecule has 0 bridgehead atoms. The van der Waals surface area contributed by atoms with Crippen LogP contribution in [0.25, 0.3) is 0 Å². The fraction of sp³-hybridized carbons (Fsp3) is 0.435. The van der Waals surface area contributed by atoms with Crippen LogP contribution in [-0.4, -0.2) is 49.2 Å². The molecule has 3 atom stereocenters. The summed E-state index contributed by atoms with van der Waals surface area (Å²) in [6, 6.07) is 17.1. The highest BCUT2D eigenvalue weighted by atomic mass is 16.7. The number of carbonyl (C=O) groups is 1. The van der Waals surface area contributed by atoms with Gasteiger partial charge in [-0.2, -0.15) is 0 Å². The van der Waals surface area contributed by atoms with Crippen molar-refractivity contribution in [3.8, 4) is 11.5 Å². The van der Waals surface area contributed by atoms with Gasteiger partial charge < -0.3 is 14.4 Å². The molecule has 2 fully saturated rings. The Labute approximate surface area is 165 Å². The predicted octanol–water partition coefficient (Wildman–Crippen LogP) is 3.11. The Morgan fingerprint density at radius 2 is 1.86 bits per heavy atom. The average molecular weight is 378 g/mol. The number of hydrogen-bond donors (Lipinski definition) is 0. The SMILES string of the molecule is CN1C[C@H]2CN(C(=O)CCc3ccc4c(c3)OCO4)C[C@H]2[C@@H]1c1ccccc1. The highest BCUT2D eigenvalue weighted by Gasteiger charge is 2.46. The number of likely N-dealkylation sites (tertiary alicyclic amines) is 2. The van der Waals surface area contributed by atoms with E-state index in [1.54, 1.807) is 0 Å². The first-order valence-electron chi connectivity index (χ1n) is 10.1. The summed E-state index contributed by atoms with van der Waals surface area (Å²) in [5, 5.41) is 0. The maximum Gasteiger partial charge on any atom is 0.231 e. The lowest BCUT2D eigenvalue weighted by Crippen LogP contribution is -2.33.